The average Bonchev–Trinajstić information content (AvgIpc) is 3.38. The Morgan fingerprint density at radius 2 is 1.88 bits per heavy atom. The third-order valence-corrected chi connectivity index (χ3v) is 6.97. The number of halogens is 3. The number of aliphatic hydroxyl groups is 3. The molecule has 4 atom stereocenters. The number of aliphatic hydroxyl groups excluding tert-OH is 3. The number of hydrogen-bond donors (Lipinski definition) is 4. The minimum atomic E-state index is -1.66. The molecule has 3 heterocycles. The summed E-state index contributed by atoms with van der Waals surface area (Å²) in [5, 5.41) is 33.3. The molecule has 0 radical (unpaired) electrons. The predicted molar refractivity (Wildman–Crippen MR) is 121 cm³/mol. The van der Waals surface area contributed by atoms with Crippen LogP contribution in [-0.2, 0) is 4.74 Å². The Labute approximate surface area is 197 Å². The normalized spacial score (nSPS) is 23.5. The van der Waals surface area contributed by atoms with Crippen molar-refractivity contribution >= 4 is 40.5 Å². The number of rotatable bonds is 13. The first-order valence-corrected chi connectivity index (χ1v) is 12.7. The number of thioether (sulfide) groups is 2. The highest BCUT2D eigenvalue weighted by Gasteiger charge is 2.44. The minimum absolute atomic E-state index is 0.0358. The molecular weight excluding hydrogens is 483 g/mol. The van der Waals surface area contributed by atoms with Crippen LogP contribution in [0.5, 0.6) is 0 Å². The molecule has 1 aliphatic heterocycles. The van der Waals surface area contributed by atoms with Gasteiger partial charge in [0.25, 0.3) is 0 Å². The van der Waals surface area contributed by atoms with E-state index < -0.39 is 56.6 Å². The zero-order chi connectivity index (χ0) is 24.0. The molecule has 0 amide bonds. The lowest BCUT2D eigenvalue weighted by atomic mass is 9.90. The van der Waals surface area contributed by atoms with Crippen LogP contribution in [-0.4, -0.2) is 104 Å². The molecule has 2 aromatic heterocycles. The van der Waals surface area contributed by atoms with Gasteiger partial charge in [-0.15, -0.1) is 0 Å². The molecule has 9 nitrogen and oxygen atoms in total. The van der Waals surface area contributed by atoms with Crippen LogP contribution < -0.4 is 5.32 Å². The Hall–Kier alpha value is -1.32. The quantitative estimate of drug-likeness (QED) is 0.179. The number of alkyl halides is 3. The molecule has 1 aliphatic rings. The van der Waals surface area contributed by atoms with Crippen molar-refractivity contribution in [3.05, 3.63) is 6.33 Å². The molecule has 0 spiro atoms. The SMILES string of the molecule is CSCCNc1nc(SCCC(CF)(CF)CF)nc2c1ncn2[C@@H]1O[C@H](CO)[C@@H](O)[C@H]1O. The number of imidazole rings is 1. The number of anilines is 1. The van der Waals surface area contributed by atoms with Gasteiger partial charge in [-0.3, -0.25) is 17.7 Å². The van der Waals surface area contributed by atoms with Crippen molar-refractivity contribution in [1.29, 1.82) is 0 Å². The summed E-state index contributed by atoms with van der Waals surface area (Å²) in [7, 11) is 0. The fourth-order valence-corrected chi connectivity index (χ4v) is 4.65. The number of ether oxygens (including phenoxy) is 1. The molecule has 0 bridgehead atoms. The van der Waals surface area contributed by atoms with Gasteiger partial charge in [0.1, 0.15) is 38.3 Å². The van der Waals surface area contributed by atoms with Crippen LogP contribution >= 0.6 is 23.5 Å². The number of fused-ring (bicyclic) bond motifs is 1. The highest BCUT2D eigenvalue weighted by atomic mass is 32.2. The number of nitrogens with one attached hydrogen (secondary N) is 1. The van der Waals surface area contributed by atoms with Crippen molar-refractivity contribution in [2.45, 2.75) is 36.1 Å². The lowest BCUT2D eigenvalue weighted by Gasteiger charge is -2.23. The predicted octanol–water partition coefficient (Wildman–Crippen LogP) is 1.59. The zero-order valence-corrected chi connectivity index (χ0v) is 19.7. The van der Waals surface area contributed by atoms with Crippen LogP contribution in [0.15, 0.2) is 11.5 Å². The van der Waals surface area contributed by atoms with E-state index in [0.717, 1.165) is 17.5 Å². The maximum absolute atomic E-state index is 13.2. The standard InChI is InChI=1S/C19H28F3N5O4S2/c1-32-5-3-23-15-12-16(26-18(25-15)33-4-2-19(7-20,8-21)9-22)27(10-24-12)17-14(30)13(29)11(6-28)31-17/h10-11,13-14,17,28-30H,2-9H2,1H3,(H,23,25,26)/t11-,13-,14-,17-/m1/s1. The van der Waals surface area contributed by atoms with Crippen LogP contribution in [0.2, 0.25) is 0 Å². The number of nitrogens with zero attached hydrogens (tertiary/aromatic N) is 4. The molecule has 186 valence electrons. The van der Waals surface area contributed by atoms with Crippen LogP contribution in [0.4, 0.5) is 19.0 Å². The topological polar surface area (TPSA) is 126 Å². The van der Waals surface area contributed by atoms with E-state index in [1.54, 1.807) is 11.8 Å². The van der Waals surface area contributed by atoms with E-state index in [0.29, 0.717) is 23.5 Å². The second kappa shape index (κ2) is 11.9. The highest BCUT2D eigenvalue weighted by Crippen LogP contribution is 2.34. The van der Waals surface area contributed by atoms with E-state index in [1.807, 2.05) is 6.26 Å². The third-order valence-electron chi connectivity index (χ3n) is 5.50. The molecule has 1 fully saturated rings. The van der Waals surface area contributed by atoms with Gasteiger partial charge in [0.15, 0.2) is 28.4 Å². The Kier molecular flexibility index (Phi) is 9.47. The molecule has 3 rings (SSSR count). The van der Waals surface area contributed by atoms with Crippen molar-refractivity contribution in [3.63, 3.8) is 0 Å². The van der Waals surface area contributed by atoms with Crippen molar-refractivity contribution in [2.24, 2.45) is 5.41 Å². The van der Waals surface area contributed by atoms with Gasteiger partial charge < -0.3 is 25.4 Å². The number of aromatic nitrogens is 4. The van der Waals surface area contributed by atoms with Gasteiger partial charge in [-0.1, -0.05) is 11.8 Å². The second-order valence-electron chi connectivity index (χ2n) is 7.83. The van der Waals surface area contributed by atoms with Crippen LogP contribution in [0.25, 0.3) is 11.2 Å². The molecule has 2 aromatic rings. The molecule has 0 saturated carbocycles. The fourth-order valence-electron chi connectivity index (χ4n) is 3.32. The summed E-state index contributed by atoms with van der Waals surface area (Å²) in [6, 6.07) is 0. The summed E-state index contributed by atoms with van der Waals surface area (Å²) < 4.78 is 46.6. The van der Waals surface area contributed by atoms with Crippen molar-refractivity contribution in [2.75, 3.05) is 56.3 Å². The molecule has 0 aromatic carbocycles. The summed E-state index contributed by atoms with van der Waals surface area (Å²) in [4.78, 5) is 13.3. The summed E-state index contributed by atoms with van der Waals surface area (Å²) >= 11 is 2.76. The maximum Gasteiger partial charge on any atom is 0.191 e. The molecule has 33 heavy (non-hydrogen) atoms. The van der Waals surface area contributed by atoms with Crippen molar-refractivity contribution in [3.8, 4) is 0 Å². The van der Waals surface area contributed by atoms with Gasteiger partial charge in [0.05, 0.1) is 18.3 Å². The molecule has 1 saturated heterocycles. The Balaban J connectivity index is 1.90. The van der Waals surface area contributed by atoms with Gasteiger partial charge >= 0.3 is 0 Å². The van der Waals surface area contributed by atoms with Gasteiger partial charge in [-0.25, -0.2) is 15.0 Å². The first-order chi connectivity index (χ1) is 15.9. The summed E-state index contributed by atoms with van der Waals surface area (Å²) in [5.74, 6) is 1.42. The molecule has 0 aliphatic carbocycles. The monoisotopic (exact) mass is 511 g/mol. The molecule has 4 N–H and O–H groups in total. The first-order valence-electron chi connectivity index (χ1n) is 10.3. The minimum Gasteiger partial charge on any atom is -0.394 e. The second-order valence-corrected chi connectivity index (χ2v) is 9.87. The highest BCUT2D eigenvalue weighted by molar-refractivity contribution is 7.99. The van der Waals surface area contributed by atoms with Crippen molar-refractivity contribution < 1.29 is 33.2 Å². The Morgan fingerprint density at radius 3 is 2.48 bits per heavy atom. The lowest BCUT2D eigenvalue weighted by molar-refractivity contribution is -0.0511. The van der Waals surface area contributed by atoms with E-state index >= 15 is 0 Å². The fraction of sp³-hybridized carbons (Fsp3) is 0.737. The maximum atomic E-state index is 13.2. The van der Waals surface area contributed by atoms with Gasteiger partial charge in [0, 0.05) is 18.1 Å². The smallest absolute Gasteiger partial charge is 0.191 e. The van der Waals surface area contributed by atoms with Gasteiger partial charge in [0.2, 0.25) is 0 Å². The van der Waals surface area contributed by atoms with E-state index in [9.17, 15) is 28.5 Å². The summed E-state index contributed by atoms with van der Waals surface area (Å²) in [6.07, 6.45) is -1.29. The Morgan fingerprint density at radius 1 is 1.15 bits per heavy atom. The summed E-state index contributed by atoms with van der Waals surface area (Å²) in [5.41, 5.74) is -0.944. The van der Waals surface area contributed by atoms with E-state index in [-0.39, 0.29) is 17.3 Å². The first kappa shape index (κ1) is 26.3. The van der Waals surface area contributed by atoms with E-state index in [1.165, 1.54) is 10.9 Å². The Bertz CT molecular complexity index is 899. The average molecular weight is 512 g/mol. The van der Waals surface area contributed by atoms with Gasteiger partial charge in [-0.2, -0.15) is 11.8 Å². The lowest BCUT2D eigenvalue weighted by Crippen LogP contribution is -2.33. The molecule has 0 unspecified atom stereocenters. The van der Waals surface area contributed by atoms with Crippen molar-refractivity contribution in [1.82, 2.24) is 19.5 Å². The molecule has 14 heteroatoms. The van der Waals surface area contributed by atoms with Crippen LogP contribution in [0, 0.1) is 5.41 Å². The largest absolute Gasteiger partial charge is 0.394 e. The van der Waals surface area contributed by atoms with E-state index in [2.05, 4.69) is 20.3 Å². The van der Waals surface area contributed by atoms with E-state index in [4.69, 9.17) is 4.74 Å². The van der Waals surface area contributed by atoms with Crippen LogP contribution in [0.3, 0.4) is 0 Å². The number of hydrogen-bond acceptors (Lipinski definition) is 10. The van der Waals surface area contributed by atoms with Crippen LogP contribution in [0.1, 0.15) is 12.6 Å². The zero-order valence-electron chi connectivity index (χ0n) is 18.0. The molecular formula is C19H28F3N5O4S2. The summed E-state index contributed by atoms with van der Waals surface area (Å²) in [6.45, 7) is -3.18. The van der Waals surface area contributed by atoms with Gasteiger partial charge in [-0.05, 0) is 12.7 Å². The third kappa shape index (κ3) is 5.68.